The molecule has 0 radical (unpaired) electrons. The molecule has 0 rings (SSSR count). The number of hydrogen-bond donors (Lipinski definition) is 5. The fourth-order valence-electron chi connectivity index (χ4n) is 1.68. The maximum absolute atomic E-state index is 10.2. The molecule has 0 aliphatic heterocycles. The standard InChI is InChI=1S/C5H8O2.C5H10O.C5H10S.C4H11N5.2C4H8O2.2C4H8OS.2C4H8O.2C4H10.C3H9N3.2C3H6O2/c1-3-5(7)4(2)6;2*1-3-5(6)4-2;1-7-3(5)9-4(6)8-2;2*1-3-4(5)6-2;2*1-3-4(6)5-2;2*1-3-4(2)5;2*1-3-4-2;1-5-3(4)6-2;2*1-3(4)5-2/h3H2,1-2H3;2*3-4H2,1-2H3;1-2H3,(H5,5,6,7,8,9);4*3H2,1-2H3;2*3H2,1-2H3;2*3-4H2,1-2H3;1-2H3,(H3,4,5,6);2*1-2H3. The van der Waals surface area contributed by atoms with Crippen molar-refractivity contribution in [3.8, 4) is 0 Å². The summed E-state index contributed by atoms with van der Waals surface area (Å²) in [5.41, 5.74) is 15.6. The third-order valence-corrected chi connectivity index (χ3v) is 9.65. The van der Waals surface area contributed by atoms with E-state index in [1.54, 1.807) is 77.0 Å². The highest BCUT2D eigenvalue weighted by Gasteiger charge is 2.01. The summed E-state index contributed by atoms with van der Waals surface area (Å²) >= 11 is 14.1. The molecule has 0 aliphatic carbocycles. The SMILES string of the molecule is CCC(=O)C(C)=O.CCC(=O)CC.CCC(=O)OC.CCC(=O)OC.CCC(=S)CC.CCC(=S)OC.CCC(=S)OC.CCC(C)=O.CCC(C)=O.CCCC.CCCC.CN=C(N)NC.CN=C(N)NC(N)=NC.COC(C)=O.COC(C)=O. The van der Waals surface area contributed by atoms with Crippen LogP contribution in [0.25, 0.3) is 0 Å². The molecule has 0 aliphatic rings. The van der Waals surface area contributed by atoms with Crippen LogP contribution in [0.1, 0.15) is 235 Å². The Morgan fingerprint density at radius 3 is 0.640 bits per heavy atom. The molecule has 0 amide bonds. The lowest BCUT2D eigenvalue weighted by molar-refractivity contribution is -0.141. The van der Waals surface area contributed by atoms with Gasteiger partial charge in [0.15, 0.2) is 39.5 Å². The number of carbonyl (C=O) groups excluding carboxylic acids is 9. The zero-order valence-electron chi connectivity index (χ0n) is 59.5. The quantitative estimate of drug-likeness (QED) is 0.0269. The summed E-state index contributed by atoms with van der Waals surface area (Å²) in [4.78, 5) is 101. The van der Waals surface area contributed by atoms with E-state index < -0.39 is 0 Å². The monoisotopic (exact) mass is 1300 g/mol. The molecule has 0 fully saturated rings. The average molecular weight is 1300 g/mol. The number of unbranched alkanes of at least 4 members (excludes halogenated alkanes) is 2. The molecule has 0 saturated carbocycles. The molecule has 0 heterocycles. The predicted octanol–water partition coefficient (Wildman–Crippen LogP) is 11.5. The number of nitrogens with one attached hydrogen (secondary N) is 2. The van der Waals surface area contributed by atoms with Gasteiger partial charge in [0.25, 0.3) is 0 Å². The fraction of sp³-hybridized carbons (Fsp3) is 0.750. The highest BCUT2D eigenvalue weighted by atomic mass is 32.1. The van der Waals surface area contributed by atoms with Gasteiger partial charge in [-0.3, -0.25) is 53.9 Å². The van der Waals surface area contributed by atoms with Crippen LogP contribution in [0.3, 0.4) is 0 Å². The molecule has 0 saturated heterocycles. The molecule has 23 nitrogen and oxygen atoms in total. The van der Waals surface area contributed by atoms with Crippen LogP contribution in [0.5, 0.6) is 0 Å². The predicted molar refractivity (Wildman–Crippen MR) is 372 cm³/mol. The Balaban J connectivity index is -0.0000000485. The van der Waals surface area contributed by atoms with E-state index in [0.29, 0.717) is 66.8 Å². The van der Waals surface area contributed by atoms with Crippen molar-refractivity contribution < 1.29 is 71.6 Å². The fourth-order valence-corrected chi connectivity index (χ4v) is 1.68. The minimum atomic E-state index is -0.345. The van der Waals surface area contributed by atoms with Gasteiger partial charge in [-0.1, -0.05) is 142 Å². The molecule has 0 spiro atoms. The number of rotatable bonds is 14. The van der Waals surface area contributed by atoms with Gasteiger partial charge in [0.05, 0.1) is 42.7 Å². The molecule has 0 bridgehead atoms. The van der Waals surface area contributed by atoms with Crippen molar-refractivity contribution in [2.45, 2.75) is 235 Å². The molecule has 0 atom stereocenters. The topological polar surface area (TPSA) is 348 Å². The van der Waals surface area contributed by atoms with Crippen molar-refractivity contribution in [3.05, 3.63) is 0 Å². The van der Waals surface area contributed by atoms with Crippen LogP contribution < -0.4 is 27.8 Å². The van der Waals surface area contributed by atoms with Crippen molar-refractivity contribution >= 4 is 122 Å². The van der Waals surface area contributed by atoms with Gasteiger partial charge in [0.1, 0.15) is 17.3 Å². The van der Waals surface area contributed by atoms with E-state index in [-0.39, 0.29) is 58.9 Å². The van der Waals surface area contributed by atoms with E-state index in [1.807, 2.05) is 41.5 Å². The van der Waals surface area contributed by atoms with E-state index in [2.05, 4.69) is 120 Å². The Kier molecular flexibility index (Phi) is 157. The van der Waals surface area contributed by atoms with Crippen molar-refractivity contribution in [2.75, 3.05) is 70.8 Å². The first-order valence-corrected chi connectivity index (χ1v) is 29.7. The van der Waals surface area contributed by atoms with Gasteiger partial charge in [-0.2, -0.15) is 0 Å². The second-order valence-corrected chi connectivity index (χ2v) is 16.7. The first kappa shape index (κ1) is 118. The number of methoxy groups -OCH3 is 6. The largest absolute Gasteiger partial charge is 0.490 e. The van der Waals surface area contributed by atoms with E-state index in [9.17, 15) is 43.2 Å². The maximum Gasteiger partial charge on any atom is 0.305 e. The number of Topliss-reactive ketones (excluding diaryl/α,β-unsaturated/α-hetero) is 5. The summed E-state index contributed by atoms with van der Waals surface area (Å²) < 4.78 is 26.0. The smallest absolute Gasteiger partial charge is 0.305 e. The number of esters is 4. The zero-order valence-corrected chi connectivity index (χ0v) is 62.0. The summed E-state index contributed by atoms with van der Waals surface area (Å²) in [6.45, 7) is 36.6. The normalized spacial score (nSPS) is 8.56. The van der Waals surface area contributed by atoms with Gasteiger partial charge in [-0.25, -0.2) is 0 Å². The lowest BCUT2D eigenvalue weighted by Crippen LogP contribution is -2.41. The van der Waals surface area contributed by atoms with Crippen LogP contribution in [-0.2, 0) is 71.6 Å². The Hall–Kier alpha value is -5.89. The Morgan fingerprint density at radius 2 is 0.616 bits per heavy atom. The summed E-state index contributed by atoms with van der Waals surface area (Å²) in [5.74, 6) is 0.402. The van der Waals surface area contributed by atoms with E-state index in [0.717, 1.165) is 25.7 Å². The van der Waals surface area contributed by atoms with Gasteiger partial charge in [0, 0.05) is 107 Å². The molecule has 516 valence electrons. The van der Waals surface area contributed by atoms with Crippen LogP contribution in [0.15, 0.2) is 15.0 Å². The summed E-state index contributed by atoms with van der Waals surface area (Å²) in [7, 11) is 15.1. The highest BCUT2D eigenvalue weighted by Crippen LogP contribution is 1.88. The second kappa shape index (κ2) is 114. The molecule has 0 aromatic rings. The molecule has 8 N–H and O–H groups in total. The third-order valence-electron chi connectivity index (χ3n) is 8.16. The van der Waals surface area contributed by atoms with E-state index in [4.69, 9.17) is 29.4 Å². The number of hydrogen-bond acceptors (Lipinski definition) is 21. The van der Waals surface area contributed by atoms with Crippen molar-refractivity contribution in [3.63, 3.8) is 0 Å². The molecule has 86 heavy (non-hydrogen) atoms. The van der Waals surface area contributed by atoms with Crippen molar-refractivity contribution in [1.29, 1.82) is 0 Å². The Labute approximate surface area is 539 Å². The Morgan fingerprint density at radius 1 is 0.372 bits per heavy atom. The lowest BCUT2D eigenvalue weighted by atomic mass is 10.2. The minimum Gasteiger partial charge on any atom is -0.490 e. The van der Waals surface area contributed by atoms with Gasteiger partial charge in [-0.15, -0.1) is 0 Å². The number of carbonyl (C=O) groups is 9. The summed E-state index contributed by atoms with van der Waals surface area (Å²) in [5, 5.41) is 6.53. The van der Waals surface area contributed by atoms with Gasteiger partial charge in [-0.05, 0) is 56.0 Å². The first-order valence-electron chi connectivity index (χ1n) is 28.5. The number of ketones is 5. The Bertz CT molecular complexity index is 1450. The summed E-state index contributed by atoms with van der Waals surface area (Å²) in [6, 6.07) is 0. The highest BCUT2D eigenvalue weighted by molar-refractivity contribution is 7.80. The molecular weight excluding hydrogens is 1170 g/mol. The number of ether oxygens (including phenoxy) is 6. The number of guanidine groups is 3. The number of nitrogens with two attached hydrogens (primary N) is 3. The van der Waals surface area contributed by atoms with Gasteiger partial charge < -0.3 is 60.5 Å². The second-order valence-electron chi connectivity index (χ2n) is 15.2. The number of thiocarbonyl (C=S) groups is 3. The first-order chi connectivity index (χ1) is 39.9. The van der Waals surface area contributed by atoms with Gasteiger partial charge >= 0.3 is 23.9 Å². The number of nitrogens with zero attached hydrogens (tertiary/aromatic N) is 3. The van der Waals surface area contributed by atoms with Crippen LogP contribution in [0.4, 0.5) is 0 Å². The maximum atomic E-state index is 10.2. The van der Waals surface area contributed by atoms with Crippen LogP contribution in [-0.4, -0.2) is 156 Å². The average Bonchev–Trinajstić information content (AvgIpc) is 3.54. The third kappa shape index (κ3) is 218. The number of aliphatic imine (C=N–C) groups is 3. The van der Waals surface area contributed by atoms with E-state index in [1.165, 1.54) is 79.8 Å². The molecular formula is C60H128N8O15S3. The molecule has 0 aromatic carbocycles. The lowest BCUT2D eigenvalue weighted by Gasteiger charge is -2.00. The summed E-state index contributed by atoms with van der Waals surface area (Å²) in [6.07, 6.45) is 13.1. The van der Waals surface area contributed by atoms with Crippen LogP contribution >= 0.6 is 36.7 Å². The van der Waals surface area contributed by atoms with E-state index >= 15 is 0 Å². The molecule has 0 aromatic heterocycles. The van der Waals surface area contributed by atoms with Crippen LogP contribution in [0, 0.1) is 0 Å². The van der Waals surface area contributed by atoms with Crippen molar-refractivity contribution in [1.82, 2.24) is 10.6 Å². The molecule has 0 unspecified atom stereocenters. The van der Waals surface area contributed by atoms with Gasteiger partial charge in [0.2, 0.25) is 0 Å². The zero-order chi connectivity index (χ0) is 72.0. The molecule has 26 heteroatoms. The van der Waals surface area contributed by atoms with Crippen molar-refractivity contribution in [2.24, 2.45) is 32.2 Å². The van der Waals surface area contributed by atoms with Crippen LogP contribution in [0.2, 0.25) is 0 Å². The minimum absolute atomic E-state index is 0.157.